The van der Waals surface area contributed by atoms with E-state index in [4.69, 9.17) is 0 Å². The minimum Gasteiger partial charge on any atom is -0.502 e. The highest BCUT2D eigenvalue weighted by atomic mass is 16.6. The highest BCUT2D eigenvalue weighted by Crippen LogP contribution is 2.31. The molecule has 21 heavy (non-hydrogen) atoms. The maximum absolute atomic E-state index is 11.8. The SMILES string of the molecule is CN(C)C(=O)c1ccc(-c2ccc(O)c([N+](=O)[O-])c2)cc1. The largest absolute Gasteiger partial charge is 0.502 e. The van der Waals surface area contributed by atoms with Crippen molar-refractivity contribution in [1.29, 1.82) is 0 Å². The minimum absolute atomic E-state index is 0.113. The van der Waals surface area contributed by atoms with Gasteiger partial charge in [-0.25, -0.2) is 0 Å². The van der Waals surface area contributed by atoms with E-state index < -0.39 is 4.92 Å². The van der Waals surface area contributed by atoms with Gasteiger partial charge in [0.1, 0.15) is 0 Å². The summed E-state index contributed by atoms with van der Waals surface area (Å²) in [6, 6.07) is 10.9. The number of carbonyl (C=O) groups is 1. The maximum Gasteiger partial charge on any atom is 0.311 e. The Bertz CT molecular complexity index is 693. The van der Waals surface area contributed by atoms with Crippen molar-refractivity contribution in [3.63, 3.8) is 0 Å². The van der Waals surface area contributed by atoms with Crippen LogP contribution in [0.4, 0.5) is 5.69 Å². The van der Waals surface area contributed by atoms with E-state index >= 15 is 0 Å². The molecule has 0 aliphatic carbocycles. The summed E-state index contributed by atoms with van der Waals surface area (Å²) in [7, 11) is 3.33. The van der Waals surface area contributed by atoms with Crippen LogP contribution in [0.15, 0.2) is 42.5 Å². The first-order valence-electron chi connectivity index (χ1n) is 6.19. The van der Waals surface area contributed by atoms with E-state index in [-0.39, 0.29) is 17.3 Å². The van der Waals surface area contributed by atoms with Crippen molar-refractivity contribution in [2.45, 2.75) is 0 Å². The molecule has 0 aliphatic rings. The van der Waals surface area contributed by atoms with Gasteiger partial charge < -0.3 is 10.0 Å². The quantitative estimate of drug-likeness (QED) is 0.694. The molecule has 0 bridgehead atoms. The molecule has 0 saturated heterocycles. The van der Waals surface area contributed by atoms with Crippen molar-refractivity contribution >= 4 is 11.6 Å². The van der Waals surface area contributed by atoms with Gasteiger partial charge in [-0.15, -0.1) is 0 Å². The van der Waals surface area contributed by atoms with Crippen molar-refractivity contribution < 1.29 is 14.8 Å². The third kappa shape index (κ3) is 3.00. The van der Waals surface area contributed by atoms with Crippen LogP contribution in [0.3, 0.4) is 0 Å². The lowest BCUT2D eigenvalue weighted by molar-refractivity contribution is -0.385. The predicted molar refractivity (Wildman–Crippen MR) is 78.2 cm³/mol. The number of phenolic OH excluding ortho intramolecular Hbond substituents is 1. The molecule has 2 rings (SSSR count). The Balaban J connectivity index is 2.37. The summed E-state index contributed by atoms with van der Waals surface area (Å²) < 4.78 is 0. The molecule has 2 aromatic rings. The lowest BCUT2D eigenvalue weighted by Gasteiger charge is -2.10. The summed E-state index contributed by atoms with van der Waals surface area (Å²) in [6.07, 6.45) is 0. The van der Waals surface area contributed by atoms with Crippen LogP contribution in [0, 0.1) is 10.1 Å². The summed E-state index contributed by atoms with van der Waals surface area (Å²) in [5.74, 6) is -0.485. The third-order valence-corrected chi connectivity index (χ3v) is 3.04. The molecule has 1 amide bonds. The Morgan fingerprint density at radius 2 is 1.67 bits per heavy atom. The monoisotopic (exact) mass is 286 g/mol. The van der Waals surface area contributed by atoms with Crippen molar-refractivity contribution in [1.82, 2.24) is 4.90 Å². The zero-order valence-corrected chi connectivity index (χ0v) is 11.6. The van der Waals surface area contributed by atoms with Gasteiger partial charge in [0.05, 0.1) is 4.92 Å². The Morgan fingerprint density at radius 3 is 2.19 bits per heavy atom. The van der Waals surface area contributed by atoms with Gasteiger partial charge in [-0.2, -0.15) is 0 Å². The first kappa shape index (κ1) is 14.5. The van der Waals surface area contributed by atoms with Gasteiger partial charge in [0, 0.05) is 25.7 Å². The fraction of sp³-hybridized carbons (Fsp3) is 0.133. The summed E-state index contributed by atoms with van der Waals surface area (Å²) in [4.78, 5) is 23.4. The molecule has 0 saturated carbocycles. The fourth-order valence-electron chi connectivity index (χ4n) is 1.91. The van der Waals surface area contributed by atoms with E-state index in [0.29, 0.717) is 11.1 Å². The summed E-state index contributed by atoms with van der Waals surface area (Å²) >= 11 is 0. The third-order valence-electron chi connectivity index (χ3n) is 3.04. The van der Waals surface area contributed by atoms with Gasteiger partial charge >= 0.3 is 5.69 Å². The fourth-order valence-corrected chi connectivity index (χ4v) is 1.91. The number of amides is 1. The van der Waals surface area contributed by atoms with E-state index in [2.05, 4.69) is 0 Å². The van der Waals surface area contributed by atoms with Gasteiger partial charge in [0.15, 0.2) is 5.75 Å². The number of hydrogen-bond acceptors (Lipinski definition) is 4. The standard InChI is InChI=1S/C15H14N2O4/c1-16(2)15(19)11-5-3-10(4-6-11)12-7-8-14(18)13(9-12)17(20)21/h3-9,18H,1-2H3. The van der Waals surface area contributed by atoms with Crippen LogP contribution >= 0.6 is 0 Å². The Kier molecular flexibility index (Phi) is 3.89. The van der Waals surface area contributed by atoms with Crippen LogP contribution in [0.5, 0.6) is 5.75 Å². The molecular weight excluding hydrogens is 272 g/mol. The number of phenols is 1. The normalized spacial score (nSPS) is 10.2. The van der Waals surface area contributed by atoms with Crippen LogP contribution in [0.25, 0.3) is 11.1 Å². The van der Waals surface area contributed by atoms with Gasteiger partial charge in [-0.05, 0) is 29.3 Å². The molecule has 0 spiro atoms. The minimum atomic E-state index is -0.636. The molecule has 6 heteroatoms. The number of nitro groups is 1. The van der Waals surface area contributed by atoms with Crippen LogP contribution < -0.4 is 0 Å². The van der Waals surface area contributed by atoms with Crippen LogP contribution in [0.1, 0.15) is 10.4 Å². The molecule has 0 unspecified atom stereocenters. The number of nitro benzene ring substituents is 1. The van der Waals surface area contributed by atoms with Gasteiger partial charge in [-0.1, -0.05) is 18.2 Å². The number of hydrogen-bond donors (Lipinski definition) is 1. The van der Waals surface area contributed by atoms with Crippen molar-refractivity contribution in [3.8, 4) is 16.9 Å². The second-order valence-electron chi connectivity index (χ2n) is 4.74. The lowest BCUT2D eigenvalue weighted by Crippen LogP contribution is -2.21. The average molecular weight is 286 g/mol. The Hall–Kier alpha value is -2.89. The molecule has 2 aromatic carbocycles. The molecule has 108 valence electrons. The zero-order valence-electron chi connectivity index (χ0n) is 11.6. The van der Waals surface area contributed by atoms with Crippen molar-refractivity contribution in [2.75, 3.05) is 14.1 Å². The predicted octanol–water partition coefficient (Wildman–Crippen LogP) is 2.67. The topological polar surface area (TPSA) is 83.7 Å². The highest BCUT2D eigenvalue weighted by molar-refractivity contribution is 5.94. The number of rotatable bonds is 3. The van der Waals surface area contributed by atoms with Gasteiger partial charge in [0.2, 0.25) is 0 Å². The second kappa shape index (κ2) is 5.62. The second-order valence-corrected chi connectivity index (χ2v) is 4.74. The van der Waals surface area contributed by atoms with Crippen LogP contribution in [0.2, 0.25) is 0 Å². The number of nitrogens with zero attached hydrogens (tertiary/aromatic N) is 2. The van der Waals surface area contributed by atoms with E-state index in [1.807, 2.05) is 0 Å². The molecule has 0 atom stereocenters. The van der Waals surface area contributed by atoms with Crippen molar-refractivity contribution in [3.05, 3.63) is 58.1 Å². The molecular formula is C15H14N2O4. The van der Waals surface area contributed by atoms with E-state index in [0.717, 1.165) is 5.56 Å². The molecule has 0 heterocycles. The molecule has 0 radical (unpaired) electrons. The number of benzene rings is 2. The first-order chi connectivity index (χ1) is 9.90. The van der Waals surface area contributed by atoms with Gasteiger partial charge in [-0.3, -0.25) is 14.9 Å². The molecule has 0 fully saturated rings. The lowest BCUT2D eigenvalue weighted by atomic mass is 10.0. The highest BCUT2D eigenvalue weighted by Gasteiger charge is 2.14. The summed E-state index contributed by atoms with van der Waals surface area (Å²) in [5.41, 5.74) is 1.52. The summed E-state index contributed by atoms with van der Waals surface area (Å²) in [5, 5.41) is 20.3. The molecule has 0 aliphatic heterocycles. The molecule has 1 N–H and O–H groups in total. The summed E-state index contributed by atoms with van der Waals surface area (Å²) in [6.45, 7) is 0. The van der Waals surface area contributed by atoms with Gasteiger partial charge in [0.25, 0.3) is 5.91 Å². The smallest absolute Gasteiger partial charge is 0.311 e. The van der Waals surface area contributed by atoms with Crippen molar-refractivity contribution in [2.24, 2.45) is 0 Å². The zero-order chi connectivity index (χ0) is 15.6. The number of carbonyl (C=O) groups excluding carboxylic acids is 1. The number of aromatic hydroxyl groups is 1. The van der Waals surface area contributed by atoms with Crippen LogP contribution in [-0.4, -0.2) is 34.9 Å². The van der Waals surface area contributed by atoms with E-state index in [1.54, 1.807) is 44.4 Å². The Morgan fingerprint density at radius 1 is 1.10 bits per heavy atom. The average Bonchev–Trinajstić information content (AvgIpc) is 2.46. The molecule has 6 nitrogen and oxygen atoms in total. The first-order valence-corrected chi connectivity index (χ1v) is 6.19. The van der Waals surface area contributed by atoms with Crippen LogP contribution in [-0.2, 0) is 0 Å². The van der Waals surface area contributed by atoms with E-state index in [1.165, 1.54) is 17.0 Å². The maximum atomic E-state index is 11.8. The Labute approximate surface area is 121 Å². The van der Waals surface area contributed by atoms with E-state index in [9.17, 15) is 20.0 Å². The molecule has 0 aromatic heterocycles.